The second kappa shape index (κ2) is 6.68. The Labute approximate surface area is 127 Å². The molecule has 0 N–H and O–H groups in total. The van der Waals surface area contributed by atoms with Crippen LogP contribution in [0.1, 0.15) is 31.9 Å². The van der Waals surface area contributed by atoms with E-state index in [0.717, 1.165) is 0 Å². The normalized spacial score (nSPS) is 12.5. The highest BCUT2D eigenvalue weighted by Crippen LogP contribution is 2.37. The molecule has 0 fully saturated rings. The van der Waals surface area contributed by atoms with E-state index in [9.17, 15) is 10.1 Å². The van der Waals surface area contributed by atoms with Crippen LogP contribution >= 0.6 is 0 Å². The summed E-state index contributed by atoms with van der Waals surface area (Å²) >= 11 is 0. The third-order valence-corrected chi connectivity index (χ3v) is 8.56. The molecule has 1 rings (SSSR count). The largest absolute Gasteiger partial charge is 0.412 e. The van der Waals surface area contributed by atoms with Crippen LogP contribution in [-0.4, -0.2) is 20.4 Å². The molecule has 6 heteroatoms. The molecule has 5 nitrogen and oxygen atoms in total. The number of benzene rings is 1. The van der Waals surface area contributed by atoms with Gasteiger partial charge in [-0.2, -0.15) is 0 Å². The Morgan fingerprint density at radius 2 is 1.71 bits per heavy atom. The predicted molar refractivity (Wildman–Crippen MR) is 85.8 cm³/mol. The quantitative estimate of drug-likeness (QED) is 0.447. The summed E-state index contributed by atoms with van der Waals surface area (Å²) in [6.07, 6.45) is 0. The summed E-state index contributed by atoms with van der Waals surface area (Å²) in [4.78, 5) is 11.0. The van der Waals surface area contributed by atoms with Crippen LogP contribution in [0.4, 0.5) is 5.69 Å². The van der Waals surface area contributed by atoms with Gasteiger partial charge in [-0.15, -0.1) is 0 Å². The average Bonchev–Trinajstić information content (AvgIpc) is 2.35. The standard InChI is InChI=1S/C15H25NO4Si/c1-15(2,3)21(5,6)20-11-13-9-7-8-12(10-19-4)14(13)16(17)18/h7-9H,10-11H2,1-6H3. The fraction of sp³-hybridized carbons (Fsp3) is 0.600. The number of hydrogen-bond acceptors (Lipinski definition) is 4. The van der Waals surface area contributed by atoms with Gasteiger partial charge >= 0.3 is 0 Å². The lowest BCUT2D eigenvalue weighted by molar-refractivity contribution is -0.386. The fourth-order valence-corrected chi connectivity index (χ4v) is 2.69. The Morgan fingerprint density at radius 3 is 2.14 bits per heavy atom. The van der Waals surface area contributed by atoms with Crippen LogP contribution in [-0.2, 0) is 22.4 Å². The molecule has 0 bridgehead atoms. The van der Waals surface area contributed by atoms with E-state index in [-0.39, 0.29) is 28.9 Å². The molecular weight excluding hydrogens is 286 g/mol. The van der Waals surface area contributed by atoms with E-state index in [1.807, 2.05) is 6.07 Å². The lowest BCUT2D eigenvalue weighted by Gasteiger charge is -2.36. The highest BCUT2D eigenvalue weighted by Gasteiger charge is 2.37. The molecule has 0 atom stereocenters. The van der Waals surface area contributed by atoms with Crippen molar-refractivity contribution in [3.63, 3.8) is 0 Å². The second-order valence-electron chi connectivity index (χ2n) is 6.66. The lowest BCUT2D eigenvalue weighted by atomic mass is 10.1. The first kappa shape index (κ1) is 17.8. The smallest absolute Gasteiger partial charge is 0.280 e. The van der Waals surface area contributed by atoms with Crippen molar-refractivity contribution in [1.82, 2.24) is 0 Å². The zero-order chi connectivity index (χ0) is 16.3. The minimum absolute atomic E-state index is 0.0753. The number of nitro benzene ring substituents is 1. The Bertz CT molecular complexity index is 509. The SMILES string of the molecule is COCc1cccc(CO[Si](C)(C)C(C)(C)C)c1[N+](=O)[O-]. The molecule has 21 heavy (non-hydrogen) atoms. The van der Waals surface area contributed by atoms with Crippen LogP contribution in [0, 0.1) is 10.1 Å². The molecule has 0 aromatic heterocycles. The van der Waals surface area contributed by atoms with Gasteiger partial charge in [0.1, 0.15) is 0 Å². The van der Waals surface area contributed by atoms with Gasteiger partial charge in [0.25, 0.3) is 5.69 Å². The number of hydrogen-bond donors (Lipinski definition) is 0. The molecule has 1 aromatic carbocycles. The molecular formula is C15H25NO4Si. The summed E-state index contributed by atoms with van der Waals surface area (Å²) in [5.41, 5.74) is 1.30. The first-order valence-corrected chi connectivity index (χ1v) is 9.89. The molecule has 0 saturated heterocycles. The van der Waals surface area contributed by atoms with Crippen molar-refractivity contribution in [2.45, 2.75) is 52.1 Å². The van der Waals surface area contributed by atoms with Crippen LogP contribution in [0.15, 0.2) is 18.2 Å². The monoisotopic (exact) mass is 311 g/mol. The van der Waals surface area contributed by atoms with Gasteiger partial charge < -0.3 is 9.16 Å². The van der Waals surface area contributed by atoms with Gasteiger partial charge in [0, 0.05) is 7.11 Å². The third kappa shape index (κ3) is 4.36. The lowest BCUT2D eigenvalue weighted by Crippen LogP contribution is -2.40. The van der Waals surface area contributed by atoms with Crippen molar-refractivity contribution in [1.29, 1.82) is 0 Å². The molecule has 0 aliphatic carbocycles. The zero-order valence-electron chi connectivity index (χ0n) is 13.7. The van der Waals surface area contributed by atoms with Crippen LogP contribution in [0.2, 0.25) is 18.1 Å². The van der Waals surface area contributed by atoms with Crippen molar-refractivity contribution < 1.29 is 14.1 Å². The maximum atomic E-state index is 11.3. The Hall–Kier alpha value is -1.24. The topological polar surface area (TPSA) is 61.6 Å². The van der Waals surface area contributed by atoms with Gasteiger partial charge in [0.05, 0.1) is 29.3 Å². The fourth-order valence-electron chi connectivity index (χ4n) is 1.74. The Kier molecular flexibility index (Phi) is 5.66. The van der Waals surface area contributed by atoms with Gasteiger partial charge in [-0.05, 0) is 30.3 Å². The second-order valence-corrected chi connectivity index (χ2v) is 11.5. The summed E-state index contributed by atoms with van der Waals surface area (Å²) in [6.45, 7) is 11.2. The van der Waals surface area contributed by atoms with Crippen molar-refractivity contribution in [2.24, 2.45) is 0 Å². The molecule has 0 aliphatic rings. The molecule has 1 aromatic rings. The zero-order valence-corrected chi connectivity index (χ0v) is 14.7. The van der Waals surface area contributed by atoms with E-state index < -0.39 is 8.32 Å². The van der Waals surface area contributed by atoms with Crippen LogP contribution < -0.4 is 0 Å². The minimum Gasteiger partial charge on any atom is -0.412 e. The highest BCUT2D eigenvalue weighted by atomic mass is 28.4. The Morgan fingerprint density at radius 1 is 1.19 bits per heavy atom. The van der Waals surface area contributed by atoms with E-state index in [1.54, 1.807) is 12.1 Å². The first-order valence-electron chi connectivity index (χ1n) is 6.98. The maximum Gasteiger partial charge on any atom is 0.280 e. The molecule has 0 saturated carbocycles. The molecule has 0 radical (unpaired) electrons. The van der Waals surface area contributed by atoms with Crippen molar-refractivity contribution in [3.05, 3.63) is 39.4 Å². The van der Waals surface area contributed by atoms with Crippen LogP contribution in [0.25, 0.3) is 0 Å². The highest BCUT2D eigenvalue weighted by molar-refractivity contribution is 6.74. The van der Waals surface area contributed by atoms with Crippen molar-refractivity contribution >= 4 is 14.0 Å². The van der Waals surface area contributed by atoms with Gasteiger partial charge in [-0.3, -0.25) is 10.1 Å². The molecule has 118 valence electrons. The van der Waals surface area contributed by atoms with E-state index in [2.05, 4.69) is 33.9 Å². The van der Waals surface area contributed by atoms with Gasteiger partial charge in [-0.25, -0.2) is 0 Å². The van der Waals surface area contributed by atoms with Gasteiger partial charge in [0.2, 0.25) is 0 Å². The van der Waals surface area contributed by atoms with Crippen molar-refractivity contribution in [3.8, 4) is 0 Å². The summed E-state index contributed by atoms with van der Waals surface area (Å²) in [7, 11) is -0.405. The third-order valence-electron chi connectivity index (χ3n) is 4.08. The first-order chi connectivity index (χ1) is 9.60. The van der Waals surface area contributed by atoms with Gasteiger partial charge in [0.15, 0.2) is 8.32 Å². The van der Waals surface area contributed by atoms with E-state index in [0.29, 0.717) is 11.1 Å². The average molecular weight is 311 g/mol. The number of rotatable bonds is 6. The number of nitro groups is 1. The summed E-state index contributed by atoms with van der Waals surface area (Å²) in [5, 5.41) is 11.4. The molecule has 0 aliphatic heterocycles. The number of para-hydroxylation sites is 1. The summed E-state index contributed by atoms with van der Waals surface area (Å²) in [6, 6.07) is 5.29. The van der Waals surface area contributed by atoms with Crippen LogP contribution in [0.3, 0.4) is 0 Å². The van der Waals surface area contributed by atoms with E-state index in [1.165, 1.54) is 7.11 Å². The molecule has 0 amide bonds. The predicted octanol–water partition coefficient (Wildman–Crippen LogP) is 4.26. The molecule has 0 unspecified atom stereocenters. The summed E-state index contributed by atoms with van der Waals surface area (Å²) < 4.78 is 11.1. The van der Waals surface area contributed by atoms with Crippen molar-refractivity contribution in [2.75, 3.05) is 7.11 Å². The maximum absolute atomic E-state index is 11.3. The minimum atomic E-state index is -1.94. The van der Waals surface area contributed by atoms with Gasteiger partial charge in [-0.1, -0.05) is 26.8 Å². The number of nitrogens with zero attached hydrogens (tertiary/aromatic N) is 1. The number of methoxy groups -OCH3 is 1. The number of ether oxygens (including phenoxy) is 1. The molecule has 0 spiro atoms. The van der Waals surface area contributed by atoms with E-state index >= 15 is 0 Å². The summed E-state index contributed by atoms with van der Waals surface area (Å²) in [5.74, 6) is 0. The Balaban J connectivity index is 3.04. The van der Waals surface area contributed by atoms with E-state index in [4.69, 9.17) is 9.16 Å². The van der Waals surface area contributed by atoms with Crippen LogP contribution in [0.5, 0.6) is 0 Å². The molecule has 0 heterocycles.